The third-order valence-corrected chi connectivity index (χ3v) is 3.93. The zero-order chi connectivity index (χ0) is 13.2. The van der Waals surface area contributed by atoms with Crippen LogP contribution in [0.2, 0.25) is 0 Å². The fourth-order valence-electron chi connectivity index (χ4n) is 2.93. The first-order valence-electron chi connectivity index (χ1n) is 6.71. The van der Waals surface area contributed by atoms with Gasteiger partial charge in [-0.25, -0.2) is 0 Å². The Morgan fingerprint density at radius 3 is 2.63 bits per heavy atom. The number of ether oxygens (including phenoxy) is 1. The molecule has 0 radical (unpaired) electrons. The molecule has 2 nitrogen and oxygen atoms in total. The molecule has 0 saturated carbocycles. The molecule has 2 aromatic rings. The van der Waals surface area contributed by atoms with Gasteiger partial charge in [0.2, 0.25) is 0 Å². The lowest BCUT2D eigenvalue weighted by Crippen LogP contribution is -2.32. The molecular formula is C17H19NO. The maximum absolute atomic E-state index is 5.33. The van der Waals surface area contributed by atoms with E-state index in [1.807, 2.05) is 0 Å². The first kappa shape index (κ1) is 12.2. The Kier molecular flexibility index (Phi) is 3.26. The van der Waals surface area contributed by atoms with Gasteiger partial charge in [0.15, 0.2) is 0 Å². The van der Waals surface area contributed by atoms with Crippen LogP contribution in [0.15, 0.2) is 48.5 Å². The quantitative estimate of drug-likeness (QED) is 0.814. The number of likely N-dealkylation sites (N-methyl/N-ethyl adjacent to an activating group) is 1. The molecular weight excluding hydrogens is 234 g/mol. The van der Waals surface area contributed by atoms with Gasteiger partial charge in [0.25, 0.3) is 0 Å². The summed E-state index contributed by atoms with van der Waals surface area (Å²) in [5.74, 6) is 0.954. The zero-order valence-corrected chi connectivity index (χ0v) is 11.5. The van der Waals surface area contributed by atoms with Crippen molar-refractivity contribution >= 4 is 0 Å². The molecule has 2 aromatic carbocycles. The third kappa shape index (κ3) is 2.24. The highest BCUT2D eigenvalue weighted by molar-refractivity contribution is 5.43. The van der Waals surface area contributed by atoms with Crippen molar-refractivity contribution < 1.29 is 4.74 Å². The highest BCUT2D eigenvalue weighted by atomic mass is 16.5. The van der Waals surface area contributed by atoms with Crippen LogP contribution in [0.25, 0.3) is 0 Å². The normalized spacial score (nSPS) is 18.9. The van der Waals surface area contributed by atoms with Crippen LogP contribution in [0.4, 0.5) is 0 Å². The maximum Gasteiger partial charge on any atom is 0.119 e. The van der Waals surface area contributed by atoms with E-state index in [0.29, 0.717) is 6.04 Å². The van der Waals surface area contributed by atoms with Crippen LogP contribution in [0.3, 0.4) is 0 Å². The van der Waals surface area contributed by atoms with Gasteiger partial charge < -0.3 is 4.74 Å². The summed E-state index contributed by atoms with van der Waals surface area (Å²) in [6.45, 7) is 1.08. The monoisotopic (exact) mass is 253 g/mol. The predicted octanol–water partition coefficient (Wildman–Crippen LogP) is 3.27. The smallest absolute Gasteiger partial charge is 0.119 e. The molecule has 1 atom stereocenters. The van der Waals surface area contributed by atoms with Crippen LogP contribution in [-0.2, 0) is 6.42 Å². The van der Waals surface area contributed by atoms with Crippen molar-refractivity contribution in [1.82, 2.24) is 4.90 Å². The van der Waals surface area contributed by atoms with Gasteiger partial charge in [-0.1, -0.05) is 36.4 Å². The minimum absolute atomic E-state index is 0.357. The van der Waals surface area contributed by atoms with E-state index in [9.17, 15) is 0 Å². The van der Waals surface area contributed by atoms with E-state index < -0.39 is 0 Å². The lowest BCUT2D eigenvalue weighted by molar-refractivity contribution is 0.264. The lowest BCUT2D eigenvalue weighted by atomic mass is 9.88. The van der Waals surface area contributed by atoms with Gasteiger partial charge in [0.05, 0.1) is 13.2 Å². The summed E-state index contributed by atoms with van der Waals surface area (Å²) in [5.41, 5.74) is 4.17. The van der Waals surface area contributed by atoms with Gasteiger partial charge in [0, 0.05) is 6.54 Å². The molecule has 0 saturated heterocycles. The summed E-state index contributed by atoms with van der Waals surface area (Å²) in [4.78, 5) is 2.42. The largest absolute Gasteiger partial charge is 0.497 e. The van der Waals surface area contributed by atoms with Gasteiger partial charge >= 0.3 is 0 Å². The fourth-order valence-corrected chi connectivity index (χ4v) is 2.93. The average Bonchev–Trinajstić information content (AvgIpc) is 2.47. The molecule has 1 aliphatic heterocycles. The molecule has 2 heteroatoms. The molecule has 1 aliphatic rings. The van der Waals surface area contributed by atoms with Crippen molar-refractivity contribution in [2.75, 3.05) is 20.7 Å². The molecule has 0 aromatic heterocycles. The summed E-state index contributed by atoms with van der Waals surface area (Å²) in [7, 11) is 3.93. The number of hydrogen-bond acceptors (Lipinski definition) is 2. The molecule has 0 unspecified atom stereocenters. The molecule has 0 spiro atoms. The number of nitrogens with zero attached hydrogens (tertiary/aromatic N) is 1. The summed E-state index contributed by atoms with van der Waals surface area (Å²) in [6, 6.07) is 17.5. The second-order valence-electron chi connectivity index (χ2n) is 5.11. The van der Waals surface area contributed by atoms with E-state index in [-0.39, 0.29) is 0 Å². The highest BCUT2D eigenvalue weighted by Gasteiger charge is 2.26. The van der Waals surface area contributed by atoms with Gasteiger partial charge in [0.1, 0.15) is 5.75 Å². The Balaban J connectivity index is 2.07. The Labute approximate surface area is 114 Å². The topological polar surface area (TPSA) is 12.5 Å². The van der Waals surface area contributed by atoms with E-state index >= 15 is 0 Å². The van der Waals surface area contributed by atoms with Crippen molar-refractivity contribution in [3.8, 4) is 5.75 Å². The van der Waals surface area contributed by atoms with Crippen LogP contribution in [0, 0.1) is 0 Å². The molecule has 0 amide bonds. The standard InChI is InChI=1S/C17H19NO/c1-18-11-10-14-12-15(19-2)8-9-16(14)17(18)13-6-4-3-5-7-13/h3-9,12,17H,10-11H2,1-2H3/t17-/m0/s1. The Hall–Kier alpha value is -1.80. The summed E-state index contributed by atoms with van der Waals surface area (Å²) < 4.78 is 5.33. The zero-order valence-electron chi connectivity index (χ0n) is 11.5. The minimum Gasteiger partial charge on any atom is -0.497 e. The number of methoxy groups -OCH3 is 1. The SMILES string of the molecule is COc1ccc2c(c1)CCN(C)[C@H]2c1ccccc1. The van der Waals surface area contributed by atoms with Crippen LogP contribution >= 0.6 is 0 Å². The van der Waals surface area contributed by atoms with Crippen molar-refractivity contribution in [3.63, 3.8) is 0 Å². The van der Waals surface area contributed by atoms with E-state index in [2.05, 4.69) is 60.5 Å². The van der Waals surface area contributed by atoms with Gasteiger partial charge in [-0.3, -0.25) is 4.90 Å². The Bertz CT molecular complexity index is 565. The van der Waals surface area contributed by atoms with Crippen molar-refractivity contribution in [2.45, 2.75) is 12.5 Å². The molecule has 0 aliphatic carbocycles. The molecule has 0 bridgehead atoms. The molecule has 19 heavy (non-hydrogen) atoms. The molecule has 0 N–H and O–H groups in total. The van der Waals surface area contributed by atoms with Crippen molar-refractivity contribution in [1.29, 1.82) is 0 Å². The maximum atomic E-state index is 5.33. The van der Waals surface area contributed by atoms with E-state index in [0.717, 1.165) is 18.7 Å². The molecule has 98 valence electrons. The van der Waals surface area contributed by atoms with Crippen molar-refractivity contribution in [3.05, 3.63) is 65.2 Å². The number of rotatable bonds is 2. The Morgan fingerprint density at radius 2 is 1.89 bits per heavy atom. The average molecular weight is 253 g/mol. The summed E-state index contributed by atoms with van der Waals surface area (Å²) in [6.07, 6.45) is 1.09. The minimum atomic E-state index is 0.357. The molecule has 3 rings (SSSR count). The number of fused-ring (bicyclic) bond motifs is 1. The van der Waals surface area contributed by atoms with Gasteiger partial charge in [-0.05, 0) is 42.3 Å². The highest BCUT2D eigenvalue weighted by Crippen LogP contribution is 2.35. The van der Waals surface area contributed by atoms with Crippen LogP contribution in [0.1, 0.15) is 22.7 Å². The van der Waals surface area contributed by atoms with Crippen molar-refractivity contribution in [2.24, 2.45) is 0 Å². The van der Waals surface area contributed by atoms with Crippen LogP contribution < -0.4 is 4.74 Å². The van der Waals surface area contributed by atoms with E-state index in [4.69, 9.17) is 4.74 Å². The lowest BCUT2D eigenvalue weighted by Gasteiger charge is -2.35. The van der Waals surface area contributed by atoms with E-state index in [1.165, 1.54) is 16.7 Å². The second-order valence-corrected chi connectivity index (χ2v) is 5.11. The fraction of sp³-hybridized carbons (Fsp3) is 0.294. The number of benzene rings is 2. The van der Waals surface area contributed by atoms with E-state index in [1.54, 1.807) is 7.11 Å². The first-order chi connectivity index (χ1) is 9.29. The Morgan fingerprint density at radius 1 is 1.11 bits per heavy atom. The third-order valence-electron chi connectivity index (χ3n) is 3.93. The number of hydrogen-bond donors (Lipinski definition) is 0. The first-order valence-corrected chi connectivity index (χ1v) is 6.71. The van der Waals surface area contributed by atoms with Gasteiger partial charge in [-0.2, -0.15) is 0 Å². The van der Waals surface area contributed by atoms with Crippen LogP contribution in [-0.4, -0.2) is 25.6 Å². The summed E-state index contributed by atoms with van der Waals surface area (Å²) >= 11 is 0. The molecule has 0 fully saturated rings. The summed E-state index contributed by atoms with van der Waals surface area (Å²) in [5, 5.41) is 0. The van der Waals surface area contributed by atoms with Gasteiger partial charge in [-0.15, -0.1) is 0 Å². The molecule has 1 heterocycles. The second kappa shape index (κ2) is 5.06. The van der Waals surface area contributed by atoms with Crippen LogP contribution in [0.5, 0.6) is 5.75 Å². The predicted molar refractivity (Wildman–Crippen MR) is 77.6 cm³/mol.